The van der Waals surface area contributed by atoms with E-state index in [2.05, 4.69) is 0 Å². The molecular weight excluding hydrogens is 230 g/mol. The van der Waals surface area contributed by atoms with Gasteiger partial charge in [-0.3, -0.25) is 4.79 Å². The van der Waals surface area contributed by atoms with E-state index in [4.69, 9.17) is 9.84 Å². The standard InChI is InChI=1S/C12H14F2O3/c1-7(12(15)16)5-8-3-4-10(13)9(6-17-2)11(8)14/h3-4,7H,5-6H2,1-2H3,(H,15,16). The molecule has 0 saturated heterocycles. The number of ether oxygens (including phenoxy) is 1. The van der Waals surface area contributed by atoms with Gasteiger partial charge < -0.3 is 9.84 Å². The molecule has 1 rings (SSSR count). The number of carboxylic acids is 1. The third-order valence-corrected chi connectivity index (χ3v) is 2.50. The van der Waals surface area contributed by atoms with Crippen LogP contribution in [-0.2, 0) is 22.6 Å². The van der Waals surface area contributed by atoms with E-state index in [1.165, 1.54) is 20.1 Å². The molecule has 1 atom stereocenters. The maximum atomic E-state index is 13.8. The Morgan fingerprint density at radius 2 is 2.12 bits per heavy atom. The molecule has 0 aliphatic carbocycles. The normalized spacial score (nSPS) is 12.5. The molecule has 1 aromatic carbocycles. The second-order valence-corrected chi connectivity index (χ2v) is 3.88. The summed E-state index contributed by atoms with van der Waals surface area (Å²) in [6, 6.07) is 2.39. The van der Waals surface area contributed by atoms with Gasteiger partial charge in [0.1, 0.15) is 11.6 Å². The summed E-state index contributed by atoms with van der Waals surface area (Å²) in [6.07, 6.45) is 0.0260. The highest BCUT2D eigenvalue weighted by Crippen LogP contribution is 2.20. The first-order chi connectivity index (χ1) is 7.97. The number of benzene rings is 1. The van der Waals surface area contributed by atoms with Crippen LogP contribution in [0.15, 0.2) is 12.1 Å². The van der Waals surface area contributed by atoms with E-state index in [9.17, 15) is 13.6 Å². The smallest absolute Gasteiger partial charge is 0.306 e. The minimum Gasteiger partial charge on any atom is -0.481 e. The molecule has 94 valence electrons. The minimum atomic E-state index is -1.01. The van der Waals surface area contributed by atoms with Crippen molar-refractivity contribution in [2.45, 2.75) is 20.0 Å². The highest BCUT2D eigenvalue weighted by Gasteiger charge is 2.18. The Balaban J connectivity index is 3.01. The van der Waals surface area contributed by atoms with Crippen LogP contribution >= 0.6 is 0 Å². The average molecular weight is 244 g/mol. The molecule has 1 aromatic rings. The monoisotopic (exact) mass is 244 g/mol. The van der Waals surface area contributed by atoms with Crippen molar-refractivity contribution >= 4 is 5.97 Å². The van der Waals surface area contributed by atoms with Gasteiger partial charge in [0.25, 0.3) is 0 Å². The number of hydrogen-bond donors (Lipinski definition) is 1. The molecule has 0 aromatic heterocycles. The van der Waals surface area contributed by atoms with Crippen LogP contribution in [0.1, 0.15) is 18.1 Å². The van der Waals surface area contributed by atoms with Crippen molar-refractivity contribution in [1.29, 1.82) is 0 Å². The van der Waals surface area contributed by atoms with E-state index in [-0.39, 0.29) is 24.2 Å². The largest absolute Gasteiger partial charge is 0.481 e. The lowest BCUT2D eigenvalue weighted by Crippen LogP contribution is -2.14. The number of methoxy groups -OCH3 is 1. The van der Waals surface area contributed by atoms with Gasteiger partial charge in [0.15, 0.2) is 0 Å². The lowest BCUT2D eigenvalue weighted by Gasteiger charge is -2.11. The predicted molar refractivity (Wildman–Crippen MR) is 57.6 cm³/mol. The molecule has 17 heavy (non-hydrogen) atoms. The zero-order valence-electron chi connectivity index (χ0n) is 9.67. The van der Waals surface area contributed by atoms with Crippen molar-refractivity contribution in [3.05, 3.63) is 34.9 Å². The van der Waals surface area contributed by atoms with Gasteiger partial charge >= 0.3 is 5.97 Å². The van der Waals surface area contributed by atoms with Crippen molar-refractivity contribution in [3.63, 3.8) is 0 Å². The number of carbonyl (C=O) groups is 1. The Bertz CT molecular complexity index is 418. The fraction of sp³-hybridized carbons (Fsp3) is 0.417. The fourth-order valence-electron chi connectivity index (χ4n) is 1.50. The van der Waals surface area contributed by atoms with Gasteiger partial charge in [-0.1, -0.05) is 13.0 Å². The van der Waals surface area contributed by atoms with E-state index in [1.54, 1.807) is 0 Å². The molecule has 0 bridgehead atoms. The Kier molecular flexibility index (Phi) is 4.57. The van der Waals surface area contributed by atoms with Crippen molar-refractivity contribution in [3.8, 4) is 0 Å². The summed E-state index contributed by atoms with van der Waals surface area (Å²) in [7, 11) is 1.34. The molecular formula is C12H14F2O3. The Morgan fingerprint density at radius 3 is 2.65 bits per heavy atom. The summed E-state index contributed by atoms with van der Waals surface area (Å²) in [5.74, 6) is -3.14. The zero-order chi connectivity index (χ0) is 13.0. The molecule has 0 fully saturated rings. The molecule has 3 nitrogen and oxygen atoms in total. The third kappa shape index (κ3) is 3.23. The van der Waals surface area contributed by atoms with Gasteiger partial charge in [-0.05, 0) is 18.1 Å². The number of hydrogen-bond acceptors (Lipinski definition) is 2. The predicted octanol–water partition coefficient (Wildman–Crippen LogP) is 2.37. The van der Waals surface area contributed by atoms with Gasteiger partial charge in [0.05, 0.1) is 12.5 Å². The maximum absolute atomic E-state index is 13.8. The molecule has 1 unspecified atom stereocenters. The van der Waals surface area contributed by atoms with E-state index in [0.717, 1.165) is 6.07 Å². The topological polar surface area (TPSA) is 46.5 Å². The second-order valence-electron chi connectivity index (χ2n) is 3.88. The Morgan fingerprint density at radius 1 is 1.47 bits per heavy atom. The summed E-state index contributed by atoms with van der Waals surface area (Å²) >= 11 is 0. The van der Waals surface area contributed by atoms with Gasteiger partial charge in [0.2, 0.25) is 0 Å². The summed E-state index contributed by atoms with van der Waals surface area (Å²) in [5.41, 5.74) is 0.0240. The molecule has 1 N–H and O–H groups in total. The Hall–Kier alpha value is -1.49. The van der Waals surface area contributed by atoms with Crippen LogP contribution in [0.25, 0.3) is 0 Å². The zero-order valence-corrected chi connectivity index (χ0v) is 9.67. The van der Waals surface area contributed by atoms with Crippen LogP contribution in [0.2, 0.25) is 0 Å². The summed E-state index contributed by atoms with van der Waals surface area (Å²) in [5, 5.41) is 8.74. The molecule has 0 heterocycles. The quantitative estimate of drug-likeness (QED) is 0.865. The number of halogens is 2. The molecule has 0 saturated carbocycles. The van der Waals surface area contributed by atoms with Gasteiger partial charge in [-0.25, -0.2) is 8.78 Å². The summed E-state index contributed by atoms with van der Waals surface area (Å²) in [6.45, 7) is 1.30. The van der Waals surface area contributed by atoms with Crippen molar-refractivity contribution < 1.29 is 23.4 Å². The lowest BCUT2D eigenvalue weighted by atomic mass is 9.99. The highest BCUT2D eigenvalue weighted by atomic mass is 19.1. The van der Waals surface area contributed by atoms with E-state index < -0.39 is 23.5 Å². The molecule has 0 amide bonds. The van der Waals surface area contributed by atoms with Gasteiger partial charge in [0, 0.05) is 12.7 Å². The lowest BCUT2D eigenvalue weighted by molar-refractivity contribution is -0.141. The van der Waals surface area contributed by atoms with Crippen LogP contribution in [0, 0.1) is 17.6 Å². The number of rotatable bonds is 5. The van der Waals surface area contributed by atoms with Crippen molar-refractivity contribution in [2.75, 3.05) is 7.11 Å². The Labute approximate surface area is 98.0 Å². The molecule has 5 heteroatoms. The highest BCUT2D eigenvalue weighted by molar-refractivity contribution is 5.69. The summed E-state index contributed by atoms with van der Waals surface area (Å²) in [4.78, 5) is 10.7. The molecule has 0 radical (unpaired) electrons. The van der Waals surface area contributed by atoms with Crippen molar-refractivity contribution in [1.82, 2.24) is 0 Å². The van der Waals surface area contributed by atoms with Crippen LogP contribution in [-0.4, -0.2) is 18.2 Å². The van der Waals surface area contributed by atoms with Gasteiger partial charge in [-0.15, -0.1) is 0 Å². The summed E-state index contributed by atoms with van der Waals surface area (Å²) < 4.78 is 31.8. The number of carboxylic acid groups (broad SMARTS) is 1. The van der Waals surface area contributed by atoms with E-state index in [0.29, 0.717) is 0 Å². The van der Waals surface area contributed by atoms with Crippen LogP contribution < -0.4 is 0 Å². The molecule has 0 spiro atoms. The third-order valence-electron chi connectivity index (χ3n) is 2.50. The minimum absolute atomic E-state index is 0.0260. The average Bonchev–Trinajstić information content (AvgIpc) is 2.28. The second kappa shape index (κ2) is 5.72. The number of aliphatic carboxylic acids is 1. The maximum Gasteiger partial charge on any atom is 0.306 e. The first-order valence-electron chi connectivity index (χ1n) is 5.14. The fourth-order valence-corrected chi connectivity index (χ4v) is 1.50. The molecule has 0 aliphatic rings. The van der Waals surface area contributed by atoms with Crippen LogP contribution in [0.5, 0.6) is 0 Å². The van der Waals surface area contributed by atoms with E-state index >= 15 is 0 Å². The first-order valence-corrected chi connectivity index (χ1v) is 5.14. The van der Waals surface area contributed by atoms with Crippen LogP contribution in [0.4, 0.5) is 8.78 Å². The first kappa shape index (κ1) is 13.6. The van der Waals surface area contributed by atoms with Crippen LogP contribution in [0.3, 0.4) is 0 Å². The SMILES string of the molecule is COCc1c(F)ccc(CC(C)C(=O)O)c1F. The van der Waals surface area contributed by atoms with E-state index in [1.807, 2.05) is 0 Å². The van der Waals surface area contributed by atoms with Crippen molar-refractivity contribution in [2.24, 2.45) is 5.92 Å². The van der Waals surface area contributed by atoms with Gasteiger partial charge in [-0.2, -0.15) is 0 Å². The molecule has 0 aliphatic heterocycles.